The van der Waals surface area contributed by atoms with Crippen molar-refractivity contribution in [3.05, 3.63) is 28.7 Å². The second kappa shape index (κ2) is 6.79. The summed E-state index contributed by atoms with van der Waals surface area (Å²) in [6, 6.07) is 7.33. The summed E-state index contributed by atoms with van der Waals surface area (Å²) in [7, 11) is 1.73. The molecule has 0 aliphatic carbocycles. The van der Waals surface area contributed by atoms with Crippen LogP contribution in [0.1, 0.15) is 32.1 Å². The highest BCUT2D eigenvalue weighted by atomic mass is 79.9. The molecule has 3 atom stereocenters. The second-order valence-corrected chi connectivity index (χ2v) is 7.54. The Balaban J connectivity index is 1.79. The average molecular weight is 422 g/mol. The number of nitrogens with zero attached hydrogens (tertiary/aromatic N) is 1. The largest absolute Gasteiger partial charge is 0.490 e. The summed E-state index contributed by atoms with van der Waals surface area (Å²) in [5.41, 5.74) is -1.26. The molecule has 0 radical (unpaired) electrons. The highest BCUT2D eigenvalue weighted by molar-refractivity contribution is 9.10. The van der Waals surface area contributed by atoms with Crippen molar-refractivity contribution in [3.63, 3.8) is 0 Å². The molecule has 2 heterocycles. The molecule has 0 amide bonds. The van der Waals surface area contributed by atoms with E-state index >= 15 is 0 Å². The molecular formula is C17H19BrF3NO3. The van der Waals surface area contributed by atoms with Gasteiger partial charge in [-0.15, -0.1) is 0 Å². The fourth-order valence-electron chi connectivity index (χ4n) is 3.80. The van der Waals surface area contributed by atoms with Crippen LogP contribution in [0.5, 0.6) is 5.75 Å². The summed E-state index contributed by atoms with van der Waals surface area (Å²) in [4.78, 5) is 13.2. The van der Waals surface area contributed by atoms with E-state index in [-0.39, 0.29) is 18.6 Å². The number of fused-ring (bicyclic) bond motifs is 2. The van der Waals surface area contributed by atoms with E-state index < -0.39 is 17.9 Å². The molecule has 138 valence electrons. The van der Waals surface area contributed by atoms with Crippen LogP contribution >= 0.6 is 15.9 Å². The van der Waals surface area contributed by atoms with E-state index in [1.807, 2.05) is 18.2 Å². The minimum absolute atomic E-state index is 0.0284. The number of rotatable bonds is 3. The molecule has 2 aliphatic heterocycles. The number of hydrogen-bond donors (Lipinski definition) is 0. The van der Waals surface area contributed by atoms with E-state index in [9.17, 15) is 18.0 Å². The maximum Gasteiger partial charge on any atom is 0.490 e. The Hall–Kier alpha value is -1.28. The highest BCUT2D eigenvalue weighted by Crippen LogP contribution is 2.44. The van der Waals surface area contributed by atoms with Crippen molar-refractivity contribution in [2.45, 2.75) is 56.2 Å². The van der Waals surface area contributed by atoms with E-state index in [1.54, 1.807) is 18.0 Å². The first-order valence-corrected chi connectivity index (χ1v) is 8.94. The SMILES string of the molecule is CN1C2CCCC1(OC(=O)C(F)(F)F)CC(Oc1cccc(Br)c1)C2. The van der Waals surface area contributed by atoms with E-state index in [2.05, 4.69) is 15.9 Å². The molecule has 0 N–H and O–H groups in total. The molecular weight excluding hydrogens is 403 g/mol. The third-order valence-electron chi connectivity index (χ3n) is 4.99. The third kappa shape index (κ3) is 3.95. The van der Waals surface area contributed by atoms with Crippen LogP contribution in [0.25, 0.3) is 0 Å². The first-order chi connectivity index (χ1) is 11.7. The maximum absolute atomic E-state index is 12.7. The van der Waals surface area contributed by atoms with E-state index in [4.69, 9.17) is 9.47 Å². The van der Waals surface area contributed by atoms with E-state index in [1.165, 1.54) is 0 Å². The van der Waals surface area contributed by atoms with Crippen LogP contribution in [0.15, 0.2) is 28.7 Å². The van der Waals surface area contributed by atoms with E-state index in [0.29, 0.717) is 18.6 Å². The molecule has 3 rings (SSSR count). The smallest absolute Gasteiger partial charge is 0.490 e. The summed E-state index contributed by atoms with van der Waals surface area (Å²) in [5, 5.41) is 0. The molecule has 0 saturated carbocycles. The van der Waals surface area contributed by atoms with Crippen LogP contribution in [-0.2, 0) is 9.53 Å². The van der Waals surface area contributed by atoms with Gasteiger partial charge >= 0.3 is 12.1 Å². The molecule has 0 spiro atoms. The fraction of sp³-hybridized carbons (Fsp3) is 0.588. The quantitative estimate of drug-likeness (QED) is 0.682. The average Bonchev–Trinajstić information content (AvgIpc) is 2.48. The van der Waals surface area contributed by atoms with Crippen LogP contribution < -0.4 is 4.74 Å². The van der Waals surface area contributed by atoms with Crippen molar-refractivity contribution in [2.75, 3.05) is 7.05 Å². The number of carbonyl (C=O) groups excluding carboxylic acids is 1. The number of halogens is 4. The van der Waals surface area contributed by atoms with Gasteiger partial charge in [0.25, 0.3) is 0 Å². The van der Waals surface area contributed by atoms with Crippen LogP contribution in [0.3, 0.4) is 0 Å². The number of benzene rings is 1. The molecule has 1 aromatic rings. The second-order valence-electron chi connectivity index (χ2n) is 6.63. The van der Waals surface area contributed by atoms with Crippen molar-refractivity contribution in [2.24, 2.45) is 0 Å². The molecule has 8 heteroatoms. The normalized spacial score (nSPS) is 30.0. The molecule has 25 heavy (non-hydrogen) atoms. The minimum Gasteiger partial charge on any atom is -0.490 e. The first kappa shape index (κ1) is 18.5. The molecule has 2 saturated heterocycles. The van der Waals surface area contributed by atoms with Crippen LogP contribution in [0, 0.1) is 0 Å². The zero-order chi connectivity index (χ0) is 18.2. The lowest BCUT2D eigenvalue weighted by Crippen LogP contribution is -2.63. The lowest BCUT2D eigenvalue weighted by Gasteiger charge is -2.53. The van der Waals surface area contributed by atoms with Crippen LogP contribution in [0.4, 0.5) is 13.2 Å². The van der Waals surface area contributed by atoms with Gasteiger partial charge in [-0.3, -0.25) is 4.90 Å². The van der Waals surface area contributed by atoms with Gasteiger partial charge in [-0.2, -0.15) is 13.2 Å². The van der Waals surface area contributed by atoms with Crippen molar-refractivity contribution >= 4 is 21.9 Å². The van der Waals surface area contributed by atoms with Crippen molar-refractivity contribution in [3.8, 4) is 5.75 Å². The van der Waals surface area contributed by atoms with E-state index in [0.717, 1.165) is 17.3 Å². The lowest BCUT2D eigenvalue weighted by molar-refractivity contribution is -0.253. The number of carbonyl (C=O) groups is 1. The summed E-state index contributed by atoms with van der Waals surface area (Å²) in [6.45, 7) is 0. The Kier molecular flexibility index (Phi) is 5.03. The van der Waals surface area contributed by atoms with Gasteiger partial charge in [0.15, 0.2) is 5.72 Å². The van der Waals surface area contributed by atoms with Gasteiger partial charge in [0, 0.05) is 29.8 Å². The Morgan fingerprint density at radius 3 is 2.84 bits per heavy atom. The Morgan fingerprint density at radius 2 is 2.16 bits per heavy atom. The third-order valence-corrected chi connectivity index (χ3v) is 5.48. The molecule has 2 aliphatic rings. The number of alkyl halides is 3. The predicted molar refractivity (Wildman–Crippen MR) is 88.1 cm³/mol. The van der Waals surface area contributed by atoms with Gasteiger partial charge in [0.1, 0.15) is 11.9 Å². The maximum atomic E-state index is 12.7. The summed E-state index contributed by atoms with van der Waals surface area (Å²) < 4.78 is 50.0. The zero-order valence-corrected chi connectivity index (χ0v) is 15.3. The summed E-state index contributed by atoms with van der Waals surface area (Å²) in [6.07, 6.45) is -2.45. The standard InChI is InChI=1S/C17H19BrF3NO3/c1-22-12-5-3-7-16(22,25-15(23)17(19,20)21)10-14(9-12)24-13-6-2-4-11(18)8-13/h2,4,6,8,12,14H,3,5,7,9-10H2,1H3. The number of ether oxygens (including phenoxy) is 2. The molecule has 4 nitrogen and oxygen atoms in total. The first-order valence-electron chi connectivity index (χ1n) is 8.15. The number of piperidine rings is 2. The fourth-order valence-corrected chi connectivity index (χ4v) is 4.18. The zero-order valence-electron chi connectivity index (χ0n) is 13.7. The minimum atomic E-state index is -5.00. The van der Waals surface area contributed by atoms with Gasteiger partial charge in [-0.1, -0.05) is 22.0 Å². The topological polar surface area (TPSA) is 38.8 Å². The summed E-state index contributed by atoms with van der Waals surface area (Å²) in [5.74, 6) is -1.50. The Bertz CT molecular complexity index is 654. The molecule has 2 fully saturated rings. The molecule has 0 aromatic heterocycles. The van der Waals surface area contributed by atoms with Crippen molar-refractivity contribution < 1.29 is 27.4 Å². The summed E-state index contributed by atoms with van der Waals surface area (Å²) >= 11 is 3.37. The lowest BCUT2D eigenvalue weighted by atomic mass is 9.80. The van der Waals surface area contributed by atoms with Crippen molar-refractivity contribution in [1.29, 1.82) is 0 Å². The number of hydrogen-bond acceptors (Lipinski definition) is 4. The van der Waals surface area contributed by atoms with Crippen molar-refractivity contribution in [1.82, 2.24) is 4.90 Å². The van der Waals surface area contributed by atoms with Gasteiger partial charge in [0.05, 0.1) is 0 Å². The Labute approximate surface area is 152 Å². The van der Waals surface area contributed by atoms with Gasteiger partial charge in [0.2, 0.25) is 0 Å². The van der Waals surface area contributed by atoms with Gasteiger partial charge < -0.3 is 9.47 Å². The highest BCUT2D eigenvalue weighted by Gasteiger charge is 2.54. The van der Waals surface area contributed by atoms with Gasteiger partial charge in [-0.25, -0.2) is 4.79 Å². The number of esters is 1. The molecule has 1 aromatic carbocycles. The monoisotopic (exact) mass is 421 g/mol. The molecule has 3 unspecified atom stereocenters. The predicted octanol–water partition coefficient (Wildman–Crippen LogP) is 4.28. The van der Waals surface area contributed by atoms with Crippen LogP contribution in [-0.4, -0.2) is 42.0 Å². The van der Waals surface area contributed by atoms with Gasteiger partial charge in [-0.05, 0) is 38.1 Å². The van der Waals surface area contributed by atoms with Crippen LogP contribution in [0.2, 0.25) is 0 Å². The Morgan fingerprint density at radius 1 is 1.40 bits per heavy atom. The molecule has 2 bridgehead atoms.